The quantitative estimate of drug-likeness (QED) is 0.325. The molecule has 1 saturated carbocycles. The Balaban J connectivity index is 1.64. The lowest BCUT2D eigenvalue weighted by atomic mass is 9.81. The number of aliphatic hydroxyl groups excluding tert-OH is 1. The van der Waals surface area contributed by atoms with Crippen molar-refractivity contribution >= 4 is 17.9 Å². The van der Waals surface area contributed by atoms with Gasteiger partial charge in [0.1, 0.15) is 12.1 Å². The van der Waals surface area contributed by atoms with E-state index in [2.05, 4.69) is 16.0 Å². The Kier molecular flexibility index (Phi) is 10.9. The fourth-order valence-electron chi connectivity index (χ4n) is 5.30. The van der Waals surface area contributed by atoms with E-state index >= 15 is 0 Å². The fraction of sp³-hybridized carbons (Fsp3) is 0.679. The van der Waals surface area contributed by atoms with Crippen LogP contribution in [0.2, 0.25) is 0 Å². The topological polar surface area (TPSA) is 117 Å². The third-order valence-corrected chi connectivity index (χ3v) is 7.44. The zero-order valence-corrected chi connectivity index (χ0v) is 22.3. The van der Waals surface area contributed by atoms with Crippen LogP contribution >= 0.6 is 0 Å². The molecule has 10 heteroatoms. The van der Waals surface area contributed by atoms with Crippen molar-refractivity contribution in [1.82, 2.24) is 16.0 Å². The Bertz CT molecular complexity index is 920. The summed E-state index contributed by atoms with van der Waals surface area (Å²) in [5.74, 6) is -3.68. The third-order valence-electron chi connectivity index (χ3n) is 7.44. The Morgan fingerprint density at radius 1 is 1.13 bits per heavy atom. The van der Waals surface area contributed by atoms with Crippen molar-refractivity contribution in [2.75, 3.05) is 13.2 Å². The van der Waals surface area contributed by atoms with E-state index in [1.165, 1.54) is 0 Å². The van der Waals surface area contributed by atoms with Crippen LogP contribution in [0, 0.1) is 17.8 Å². The van der Waals surface area contributed by atoms with Gasteiger partial charge >= 0.3 is 6.09 Å². The van der Waals surface area contributed by atoms with E-state index in [9.17, 15) is 28.3 Å². The van der Waals surface area contributed by atoms with E-state index < -0.39 is 36.1 Å². The molecule has 0 spiro atoms. The summed E-state index contributed by atoms with van der Waals surface area (Å²) in [6.07, 6.45) is 0.300. The third kappa shape index (κ3) is 9.22. The first-order valence-corrected chi connectivity index (χ1v) is 13.6. The molecule has 2 aliphatic rings. The van der Waals surface area contributed by atoms with E-state index in [0.717, 1.165) is 5.56 Å². The minimum absolute atomic E-state index is 0.0694. The van der Waals surface area contributed by atoms with E-state index in [1.807, 2.05) is 44.2 Å². The number of alkyl carbamates (subject to hydrolysis) is 1. The first-order valence-electron chi connectivity index (χ1n) is 13.6. The zero-order valence-electron chi connectivity index (χ0n) is 22.3. The minimum Gasteiger partial charge on any atom is -0.446 e. The second kappa shape index (κ2) is 13.9. The monoisotopic (exact) mass is 537 g/mol. The number of amides is 3. The largest absolute Gasteiger partial charge is 0.446 e. The molecule has 0 bridgehead atoms. The number of hydrogen-bond donors (Lipinski definition) is 4. The van der Waals surface area contributed by atoms with Gasteiger partial charge in [0.05, 0.1) is 12.6 Å². The van der Waals surface area contributed by atoms with Gasteiger partial charge in [-0.15, -0.1) is 0 Å². The number of rotatable bonds is 12. The molecule has 1 heterocycles. The van der Waals surface area contributed by atoms with Crippen molar-refractivity contribution in [2.24, 2.45) is 17.8 Å². The van der Waals surface area contributed by atoms with Crippen LogP contribution in [-0.4, -0.2) is 60.3 Å². The molecule has 0 radical (unpaired) electrons. The highest BCUT2D eigenvalue weighted by Gasteiger charge is 2.39. The summed E-state index contributed by atoms with van der Waals surface area (Å²) in [6.45, 7) is 4.07. The summed E-state index contributed by atoms with van der Waals surface area (Å²) < 4.78 is 33.4. The molecule has 8 nitrogen and oxygen atoms in total. The van der Waals surface area contributed by atoms with Crippen molar-refractivity contribution in [3.05, 3.63) is 35.9 Å². The Morgan fingerprint density at radius 3 is 2.39 bits per heavy atom. The molecule has 3 unspecified atom stereocenters. The van der Waals surface area contributed by atoms with Gasteiger partial charge in [-0.1, -0.05) is 44.2 Å². The van der Waals surface area contributed by atoms with Crippen LogP contribution in [0.1, 0.15) is 64.4 Å². The number of aliphatic hydroxyl groups is 1. The molecule has 3 amide bonds. The van der Waals surface area contributed by atoms with Gasteiger partial charge < -0.3 is 25.8 Å². The second-order valence-corrected chi connectivity index (χ2v) is 11.1. The molecular formula is C28H41F2N3O5. The SMILES string of the molecule is CC(C)CC(NC(=O)OC(Cc1ccccc1)C1CCC(F)(F)CC1)C(=O)NC(CO)C[C@@H]1CCNC1=O. The van der Waals surface area contributed by atoms with Crippen molar-refractivity contribution in [2.45, 2.75) is 89.3 Å². The highest BCUT2D eigenvalue weighted by Crippen LogP contribution is 2.38. The van der Waals surface area contributed by atoms with Gasteiger partial charge in [-0.25, -0.2) is 13.6 Å². The molecule has 0 aromatic heterocycles. The Hall–Kier alpha value is -2.75. The summed E-state index contributed by atoms with van der Waals surface area (Å²) in [4.78, 5) is 38.1. The Morgan fingerprint density at radius 2 is 1.82 bits per heavy atom. The predicted molar refractivity (Wildman–Crippen MR) is 138 cm³/mol. The summed E-state index contributed by atoms with van der Waals surface area (Å²) in [6, 6.07) is 7.89. The molecule has 4 atom stereocenters. The van der Waals surface area contributed by atoms with Crippen LogP contribution in [0.5, 0.6) is 0 Å². The van der Waals surface area contributed by atoms with E-state index in [1.54, 1.807) is 0 Å². The molecule has 3 rings (SSSR count). The molecule has 38 heavy (non-hydrogen) atoms. The summed E-state index contributed by atoms with van der Waals surface area (Å²) in [7, 11) is 0. The number of halogens is 2. The van der Waals surface area contributed by atoms with E-state index in [-0.39, 0.29) is 56.0 Å². The average molecular weight is 538 g/mol. The summed E-state index contributed by atoms with van der Waals surface area (Å²) >= 11 is 0. The second-order valence-electron chi connectivity index (χ2n) is 11.1. The highest BCUT2D eigenvalue weighted by molar-refractivity contribution is 5.86. The lowest BCUT2D eigenvalue weighted by Crippen LogP contribution is -2.52. The molecule has 1 saturated heterocycles. The fourth-order valence-corrected chi connectivity index (χ4v) is 5.30. The zero-order chi connectivity index (χ0) is 27.7. The predicted octanol–water partition coefficient (Wildman–Crippen LogP) is 3.57. The summed E-state index contributed by atoms with van der Waals surface area (Å²) in [5, 5.41) is 18.0. The van der Waals surface area contributed by atoms with Gasteiger partial charge in [-0.05, 0) is 49.5 Å². The number of hydrogen-bond acceptors (Lipinski definition) is 5. The molecule has 212 valence electrons. The van der Waals surface area contributed by atoms with Crippen molar-refractivity contribution in [1.29, 1.82) is 0 Å². The normalized spacial score (nSPS) is 21.8. The highest BCUT2D eigenvalue weighted by atomic mass is 19.3. The number of carbonyl (C=O) groups is 3. The van der Waals surface area contributed by atoms with Gasteiger partial charge in [0.25, 0.3) is 0 Å². The van der Waals surface area contributed by atoms with Crippen LogP contribution < -0.4 is 16.0 Å². The maximum atomic E-state index is 13.8. The van der Waals surface area contributed by atoms with Crippen LogP contribution in [0.3, 0.4) is 0 Å². The van der Waals surface area contributed by atoms with Gasteiger partial charge in [0.2, 0.25) is 17.7 Å². The van der Waals surface area contributed by atoms with Crippen molar-refractivity contribution < 1.29 is 33.0 Å². The lowest BCUT2D eigenvalue weighted by molar-refractivity contribution is -0.126. The number of ether oxygens (including phenoxy) is 1. The molecule has 1 aliphatic carbocycles. The number of carbonyl (C=O) groups excluding carboxylic acids is 3. The van der Waals surface area contributed by atoms with Crippen LogP contribution in [0.4, 0.5) is 13.6 Å². The van der Waals surface area contributed by atoms with Gasteiger partial charge in [0.15, 0.2) is 0 Å². The first-order chi connectivity index (χ1) is 18.1. The van der Waals surface area contributed by atoms with E-state index in [4.69, 9.17) is 4.74 Å². The number of nitrogens with one attached hydrogen (secondary N) is 3. The first kappa shape index (κ1) is 29.8. The molecule has 2 fully saturated rings. The van der Waals surface area contributed by atoms with Gasteiger partial charge in [-0.2, -0.15) is 0 Å². The molecular weight excluding hydrogens is 496 g/mol. The molecule has 1 aromatic carbocycles. The van der Waals surface area contributed by atoms with Crippen molar-refractivity contribution in [3.63, 3.8) is 0 Å². The lowest BCUT2D eigenvalue weighted by Gasteiger charge is -2.34. The molecule has 4 N–H and O–H groups in total. The van der Waals surface area contributed by atoms with Crippen LogP contribution in [0.25, 0.3) is 0 Å². The minimum atomic E-state index is -2.70. The summed E-state index contributed by atoms with van der Waals surface area (Å²) in [5.41, 5.74) is 0.931. The average Bonchev–Trinajstić information content (AvgIpc) is 3.27. The van der Waals surface area contributed by atoms with Crippen molar-refractivity contribution in [3.8, 4) is 0 Å². The van der Waals surface area contributed by atoms with Gasteiger partial charge in [-0.3, -0.25) is 9.59 Å². The van der Waals surface area contributed by atoms with E-state index in [0.29, 0.717) is 32.2 Å². The van der Waals surface area contributed by atoms with Crippen LogP contribution in [-0.2, 0) is 20.7 Å². The standard InChI is InChI=1S/C28H41F2N3O5/c1-18(2)14-23(26(36)32-22(17-34)16-21-10-13-31-25(21)35)33-27(37)38-24(15-19-6-4-3-5-7-19)20-8-11-28(29,30)12-9-20/h3-7,18,20-24,34H,8-17H2,1-2H3,(H,31,35)(H,32,36)(H,33,37)/t21-,22?,23?,24?/m0/s1. The smallest absolute Gasteiger partial charge is 0.408 e. The maximum absolute atomic E-state index is 13.8. The Labute approximate surface area is 223 Å². The molecule has 1 aromatic rings. The number of benzene rings is 1. The van der Waals surface area contributed by atoms with Crippen LogP contribution in [0.15, 0.2) is 30.3 Å². The van der Waals surface area contributed by atoms with Gasteiger partial charge in [0, 0.05) is 31.7 Å². The molecule has 1 aliphatic heterocycles. The maximum Gasteiger partial charge on any atom is 0.408 e. The number of alkyl halides is 2.